The number of hydrogen-bond acceptors (Lipinski definition) is 3. The zero-order valence-electron chi connectivity index (χ0n) is 18.5. The molecule has 3 aromatic carbocycles. The SMILES string of the molecule is O=C(O)c1ccc(F)cc1.OC(CN1CCCCC1)Cn1c2ccccc2c2ccccc21. The number of aromatic nitrogens is 1. The van der Waals surface area contributed by atoms with Gasteiger partial charge in [-0.05, 0) is 62.3 Å². The van der Waals surface area contributed by atoms with E-state index in [0.717, 1.165) is 31.8 Å². The standard InChI is InChI=1S/C20H24N2O.C7H5FO2/c23-16(14-21-12-6-1-7-13-21)15-22-19-10-4-2-8-17(19)18-9-3-5-11-20(18)22;8-6-3-1-5(2-4-6)7(9)10/h2-5,8-11,16,23H,1,6-7,12-15H2;1-4H,(H,9,10). The topological polar surface area (TPSA) is 65.7 Å². The number of likely N-dealkylation sites (tertiary alicyclic amines) is 1. The Hall–Kier alpha value is -3.22. The third kappa shape index (κ3) is 5.59. The van der Waals surface area contributed by atoms with Crippen molar-refractivity contribution in [1.82, 2.24) is 9.47 Å². The molecule has 1 aromatic heterocycles. The molecule has 1 aliphatic rings. The number of rotatable bonds is 5. The Morgan fingerprint density at radius 2 is 1.36 bits per heavy atom. The maximum atomic E-state index is 12.2. The van der Waals surface area contributed by atoms with E-state index >= 15 is 0 Å². The summed E-state index contributed by atoms with van der Waals surface area (Å²) in [6.07, 6.45) is 3.54. The molecule has 6 heteroatoms. The number of β-amino-alcohol motifs (C(OH)–C–C–N with tert-alkyl or cyclic N) is 1. The molecule has 2 heterocycles. The average Bonchev–Trinajstić information content (AvgIpc) is 3.14. The molecule has 1 saturated heterocycles. The Morgan fingerprint density at radius 1 is 0.818 bits per heavy atom. The molecule has 2 N–H and O–H groups in total. The number of carboxylic acid groups (broad SMARTS) is 1. The van der Waals surface area contributed by atoms with Crippen LogP contribution in [0.1, 0.15) is 29.6 Å². The van der Waals surface area contributed by atoms with E-state index in [-0.39, 0.29) is 11.7 Å². The van der Waals surface area contributed by atoms with Crippen LogP contribution in [0.3, 0.4) is 0 Å². The van der Waals surface area contributed by atoms with Crippen LogP contribution in [0.15, 0.2) is 72.8 Å². The molecule has 1 atom stereocenters. The van der Waals surface area contributed by atoms with Crippen molar-refractivity contribution in [1.29, 1.82) is 0 Å². The lowest BCUT2D eigenvalue weighted by molar-refractivity contribution is 0.0696. The molecule has 0 radical (unpaired) electrons. The number of fused-ring (bicyclic) bond motifs is 3. The highest BCUT2D eigenvalue weighted by Gasteiger charge is 2.17. The van der Waals surface area contributed by atoms with Gasteiger partial charge in [0.2, 0.25) is 0 Å². The van der Waals surface area contributed by atoms with Gasteiger partial charge in [-0.1, -0.05) is 42.8 Å². The number of aliphatic hydroxyl groups is 1. The molecule has 1 fully saturated rings. The van der Waals surface area contributed by atoms with Gasteiger partial charge in [-0.2, -0.15) is 0 Å². The predicted molar refractivity (Wildman–Crippen MR) is 129 cm³/mol. The van der Waals surface area contributed by atoms with Crippen molar-refractivity contribution in [3.8, 4) is 0 Å². The van der Waals surface area contributed by atoms with Gasteiger partial charge in [0.1, 0.15) is 5.82 Å². The first kappa shape index (κ1) is 23.0. The molecule has 0 saturated carbocycles. The number of carbonyl (C=O) groups is 1. The van der Waals surface area contributed by atoms with Gasteiger partial charge in [0.05, 0.1) is 18.2 Å². The van der Waals surface area contributed by atoms with Crippen molar-refractivity contribution in [2.45, 2.75) is 31.9 Å². The lowest BCUT2D eigenvalue weighted by atomic mass is 10.1. The van der Waals surface area contributed by atoms with Gasteiger partial charge in [-0.3, -0.25) is 0 Å². The molecule has 1 aliphatic heterocycles. The lowest BCUT2D eigenvalue weighted by Crippen LogP contribution is -2.38. The van der Waals surface area contributed by atoms with Gasteiger partial charge in [-0.25, -0.2) is 9.18 Å². The smallest absolute Gasteiger partial charge is 0.335 e. The minimum absolute atomic E-state index is 0.0985. The van der Waals surface area contributed by atoms with E-state index in [2.05, 4.69) is 58.0 Å². The van der Waals surface area contributed by atoms with Crippen molar-refractivity contribution in [3.05, 3.63) is 84.2 Å². The summed E-state index contributed by atoms with van der Waals surface area (Å²) in [5, 5.41) is 21.5. The van der Waals surface area contributed by atoms with Crippen molar-refractivity contribution < 1.29 is 19.4 Å². The van der Waals surface area contributed by atoms with E-state index in [1.54, 1.807) is 0 Å². The maximum absolute atomic E-state index is 12.2. The summed E-state index contributed by atoms with van der Waals surface area (Å²) in [7, 11) is 0. The number of hydrogen-bond donors (Lipinski definition) is 2. The van der Waals surface area contributed by atoms with E-state index in [1.165, 1.54) is 53.2 Å². The molecule has 172 valence electrons. The number of halogens is 1. The minimum atomic E-state index is -1.04. The van der Waals surface area contributed by atoms with Crippen LogP contribution in [0, 0.1) is 5.82 Å². The third-order valence-corrected chi connectivity index (χ3v) is 6.08. The normalized spacial score (nSPS) is 15.2. The molecular formula is C27H29FN2O3. The Bertz CT molecular complexity index is 1160. The minimum Gasteiger partial charge on any atom is -0.478 e. The number of aromatic carboxylic acids is 1. The van der Waals surface area contributed by atoms with Crippen LogP contribution in [-0.2, 0) is 6.54 Å². The van der Waals surface area contributed by atoms with Crippen LogP contribution in [0.2, 0.25) is 0 Å². The van der Waals surface area contributed by atoms with E-state index in [1.807, 2.05) is 0 Å². The summed E-state index contributed by atoms with van der Waals surface area (Å²) in [6.45, 7) is 3.69. The van der Waals surface area contributed by atoms with Crippen molar-refractivity contribution in [2.24, 2.45) is 0 Å². The van der Waals surface area contributed by atoms with Crippen LogP contribution >= 0.6 is 0 Å². The molecule has 5 rings (SSSR count). The fraction of sp³-hybridized carbons (Fsp3) is 0.296. The van der Waals surface area contributed by atoms with E-state index < -0.39 is 11.8 Å². The number of carboxylic acids is 1. The Kier molecular flexibility index (Phi) is 7.37. The zero-order valence-corrected chi connectivity index (χ0v) is 18.5. The van der Waals surface area contributed by atoms with Crippen molar-refractivity contribution in [3.63, 3.8) is 0 Å². The van der Waals surface area contributed by atoms with Gasteiger partial charge in [0, 0.05) is 28.4 Å². The second-order valence-corrected chi connectivity index (χ2v) is 8.47. The van der Waals surface area contributed by atoms with Crippen LogP contribution in [0.5, 0.6) is 0 Å². The first-order valence-corrected chi connectivity index (χ1v) is 11.4. The Labute approximate surface area is 192 Å². The summed E-state index contributed by atoms with van der Waals surface area (Å²) in [5.74, 6) is -1.47. The predicted octanol–water partition coefficient (Wildman–Crippen LogP) is 5.17. The van der Waals surface area contributed by atoms with Gasteiger partial charge < -0.3 is 19.7 Å². The number of benzene rings is 3. The second-order valence-electron chi connectivity index (χ2n) is 8.47. The van der Waals surface area contributed by atoms with Gasteiger partial charge in [-0.15, -0.1) is 0 Å². The van der Waals surface area contributed by atoms with Crippen molar-refractivity contribution >= 4 is 27.8 Å². The second kappa shape index (κ2) is 10.6. The highest BCUT2D eigenvalue weighted by Crippen LogP contribution is 2.29. The Balaban J connectivity index is 0.000000219. The molecule has 0 amide bonds. The summed E-state index contributed by atoms with van der Waals surface area (Å²) in [4.78, 5) is 12.6. The first-order valence-electron chi connectivity index (χ1n) is 11.4. The number of para-hydroxylation sites is 2. The number of aliphatic hydroxyl groups excluding tert-OH is 1. The lowest BCUT2D eigenvalue weighted by Gasteiger charge is -2.28. The molecular weight excluding hydrogens is 419 g/mol. The van der Waals surface area contributed by atoms with Gasteiger partial charge >= 0.3 is 5.97 Å². The molecule has 0 bridgehead atoms. The summed E-state index contributed by atoms with van der Waals surface area (Å²) in [6, 6.07) is 21.7. The quantitative estimate of drug-likeness (QED) is 0.442. The van der Waals surface area contributed by atoms with E-state index in [4.69, 9.17) is 5.11 Å². The molecule has 5 nitrogen and oxygen atoms in total. The highest BCUT2D eigenvalue weighted by atomic mass is 19.1. The zero-order chi connectivity index (χ0) is 23.2. The van der Waals surface area contributed by atoms with Crippen LogP contribution in [0.25, 0.3) is 21.8 Å². The average molecular weight is 449 g/mol. The van der Waals surface area contributed by atoms with Crippen LogP contribution in [-0.4, -0.2) is 51.4 Å². The Morgan fingerprint density at radius 3 is 1.91 bits per heavy atom. The monoisotopic (exact) mass is 448 g/mol. The van der Waals surface area contributed by atoms with E-state index in [9.17, 15) is 14.3 Å². The fourth-order valence-electron chi connectivity index (χ4n) is 4.50. The third-order valence-electron chi connectivity index (χ3n) is 6.08. The van der Waals surface area contributed by atoms with Gasteiger partial charge in [0.15, 0.2) is 0 Å². The maximum Gasteiger partial charge on any atom is 0.335 e. The molecule has 0 aliphatic carbocycles. The fourth-order valence-corrected chi connectivity index (χ4v) is 4.50. The summed E-state index contributed by atoms with van der Waals surface area (Å²) < 4.78 is 14.4. The van der Waals surface area contributed by atoms with Crippen molar-refractivity contribution in [2.75, 3.05) is 19.6 Å². The number of nitrogens with zero attached hydrogens (tertiary/aromatic N) is 2. The molecule has 33 heavy (non-hydrogen) atoms. The largest absolute Gasteiger partial charge is 0.478 e. The van der Waals surface area contributed by atoms with E-state index in [0.29, 0.717) is 6.54 Å². The molecule has 1 unspecified atom stereocenters. The van der Waals surface area contributed by atoms with Gasteiger partial charge in [0.25, 0.3) is 0 Å². The summed E-state index contributed by atoms with van der Waals surface area (Å²) in [5.41, 5.74) is 2.53. The highest BCUT2D eigenvalue weighted by molar-refractivity contribution is 6.07. The van der Waals surface area contributed by atoms with Crippen LogP contribution < -0.4 is 0 Å². The first-order chi connectivity index (χ1) is 16.0. The number of piperidine rings is 1. The molecule has 0 spiro atoms. The van der Waals surface area contributed by atoms with Crippen LogP contribution in [0.4, 0.5) is 4.39 Å². The summed E-state index contributed by atoms with van der Waals surface area (Å²) >= 11 is 0. The molecule has 4 aromatic rings.